The first kappa shape index (κ1) is 16.6. The summed E-state index contributed by atoms with van der Waals surface area (Å²) in [4.78, 5) is 35.5. The molecule has 2 aromatic rings. The van der Waals surface area contributed by atoms with Gasteiger partial charge in [-0.05, 0) is 31.0 Å². The van der Waals surface area contributed by atoms with Gasteiger partial charge >= 0.3 is 6.03 Å². The van der Waals surface area contributed by atoms with Gasteiger partial charge in [0.2, 0.25) is 11.7 Å². The third kappa shape index (κ3) is 2.55. The molecule has 136 valence electrons. The SMILES string of the molecule is Cc1ncc2c(c1-c1noc(CC3C(=O)N(C)C(=O)N3C)n1)CCNC2. The largest absolute Gasteiger partial charge is 0.339 e. The average molecular weight is 356 g/mol. The summed E-state index contributed by atoms with van der Waals surface area (Å²) in [5.41, 5.74) is 4.08. The molecule has 4 rings (SSSR count). The van der Waals surface area contributed by atoms with Crippen LogP contribution in [0.1, 0.15) is 22.7 Å². The zero-order valence-electron chi connectivity index (χ0n) is 14.9. The van der Waals surface area contributed by atoms with Crippen molar-refractivity contribution in [3.8, 4) is 11.4 Å². The number of hydrogen-bond acceptors (Lipinski definition) is 7. The van der Waals surface area contributed by atoms with Gasteiger partial charge in [-0.3, -0.25) is 14.7 Å². The molecular weight excluding hydrogens is 336 g/mol. The van der Waals surface area contributed by atoms with Crippen LogP contribution in [0.15, 0.2) is 10.7 Å². The Labute approximate surface area is 150 Å². The van der Waals surface area contributed by atoms with Crippen molar-refractivity contribution in [1.29, 1.82) is 0 Å². The highest BCUT2D eigenvalue weighted by Gasteiger charge is 2.41. The van der Waals surface area contributed by atoms with Crippen molar-refractivity contribution in [3.63, 3.8) is 0 Å². The van der Waals surface area contributed by atoms with E-state index < -0.39 is 6.04 Å². The number of nitrogens with one attached hydrogen (secondary N) is 1. The van der Waals surface area contributed by atoms with Crippen LogP contribution in [0.2, 0.25) is 0 Å². The summed E-state index contributed by atoms with van der Waals surface area (Å²) in [5, 5.41) is 7.44. The molecule has 26 heavy (non-hydrogen) atoms. The molecule has 0 aliphatic carbocycles. The van der Waals surface area contributed by atoms with Crippen molar-refractivity contribution in [3.05, 3.63) is 28.9 Å². The van der Waals surface area contributed by atoms with Crippen LogP contribution in [-0.2, 0) is 24.2 Å². The quantitative estimate of drug-likeness (QED) is 0.800. The number of aromatic nitrogens is 3. The summed E-state index contributed by atoms with van der Waals surface area (Å²) in [6, 6.07) is -0.946. The number of hydrogen-bond donors (Lipinski definition) is 1. The Morgan fingerprint density at radius 3 is 2.88 bits per heavy atom. The van der Waals surface area contributed by atoms with E-state index >= 15 is 0 Å². The molecule has 1 saturated heterocycles. The second-order valence-corrected chi connectivity index (χ2v) is 6.67. The molecule has 1 N–H and O–H groups in total. The Kier molecular flexibility index (Phi) is 3.95. The van der Waals surface area contributed by atoms with E-state index in [-0.39, 0.29) is 18.4 Å². The Balaban J connectivity index is 1.64. The van der Waals surface area contributed by atoms with Crippen LogP contribution >= 0.6 is 0 Å². The molecule has 2 aliphatic rings. The Morgan fingerprint density at radius 1 is 1.35 bits per heavy atom. The van der Waals surface area contributed by atoms with Gasteiger partial charge in [0.25, 0.3) is 5.91 Å². The number of rotatable bonds is 3. The van der Waals surface area contributed by atoms with E-state index in [1.165, 1.54) is 17.5 Å². The maximum absolute atomic E-state index is 12.2. The van der Waals surface area contributed by atoms with Gasteiger partial charge in [0.15, 0.2) is 0 Å². The second kappa shape index (κ2) is 6.17. The van der Waals surface area contributed by atoms with E-state index in [9.17, 15) is 9.59 Å². The first-order valence-electron chi connectivity index (χ1n) is 8.52. The summed E-state index contributed by atoms with van der Waals surface area (Å²) in [5.74, 6) is 0.550. The fraction of sp³-hybridized carbons (Fsp3) is 0.471. The van der Waals surface area contributed by atoms with Crippen molar-refractivity contribution in [2.75, 3.05) is 20.6 Å². The molecule has 0 aromatic carbocycles. The average Bonchev–Trinajstić information content (AvgIpc) is 3.17. The van der Waals surface area contributed by atoms with Crippen LogP contribution in [0.5, 0.6) is 0 Å². The number of carbonyl (C=O) groups excluding carboxylic acids is 2. The highest BCUT2D eigenvalue weighted by Crippen LogP contribution is 2.29. The van der Waals surface area contributed by atoms with Crippen molar-refractivity contribution in [2.45, 2.75) is 32.4 Å². The summed E-state index contributed by atoms with van der Waals surface area (Å²) < 4.78 is 5.38. The number of pyridine rings is 1. The molecule has 1 fully saturated rings. The summed E-state index contributed by atoms with van der Waals surface area (Å²) in [6.07, 6.45) is 2.96. The van der Waals surface area contributed by atoms with Gasteiger partial charge in [-0.1, -0.05) is 5.16 Å². The van der Waals surface area contributed by atoms with Crippen LogP contribution < -0.4 is 5.32 Å². The fourth-order valence-electron chi connectivity index (χ4n) is 3.55. The van der Waals surface area contributed by atoms with E-state index in [1.807, 2.05) is 13.1 Å². The molecular formula is C17H20N6O3. The zero-order valence-corrected chi connectivity index (χ0v) is 14.9. The molecule has 4 heterocycles. The highest BCUT2D eigenvalue weighted by molar-refractivity contribution is 6.03. The number of nitrogens with zero attached hydrogens (tertiary/aromatic N) is 5. The fourth-order valence-corrected chi connectivity index (χ4v) is 3.55. The topological polar surface area (TPSA) is 104 Å². The monoisotopic (exact) mass is 356 g/mol. The van der Waals surface area contributed by atoms with Gasteiger partial charge in [-0.25, -0.2) is 4.79 Å². The molecule has 1 unspecified atom stereocenters. The van der Waals surface area contributed by atoms with Crippen LogP contribution in [-0.4, -0.2) is 63.5 Å². The minimum absolute atomic E-state index is 0.196. The minimum Gasteiger partial charge on any atom is -0.339 e. The summed E-state index contributed by atoms with van der Waals surface area (Å²) in [7, 11) is 3.07. The van der Waals surface area contributed by atoms with Gasteiger partial charge in [-0.2, -0.15) is 4.98 Å². The number of amides is 3. The van der Waals surface area contributed by atoms with Gasteiger partial charge in [0.05, 0.1) is 6.42 Å². The molecule has 0 radical (unpaired) electrons. The molecule has 0 bridgehead atoms. The lowest BCUT2D eigenvalue weighted by Crippen LogP contribution is -2.33. The number of fused-ring (bicyclic) bond motifs is 1. The van der Waals surface area contributed by atoms with Gasteiger partial charge in [0.1, 0.15) is 6.04 Å². The van der Waals surface area contributed by atoms with Crippen molar-refractivity contribution in [2.24, 2.45) is 0 Å². The van der Waals surface area contributed by atoms with Crippen molar-refractivity contribution >= 4 is 11.9 Å². The molecule has 1 atom stereocenters. The van der Waals surface area contributed by atoms with E-state index in [4.69, 9.17) is 4.52 Å². The third-order valence-electron chi connectivity index (χ3n) is 5.06. The van der Waals surface area contributed by atoms with Crippen LogP contribution in [0.3, 0.4) is 0 Å². The Bertz CT molecular complexity index is 893. The van der Waals surface area contributed by atoms with Crippen molar-refractivity contribution in [1.82, 2.24) is 30.2 Å². The first-order chi connectivity index (χ1) is 12.5. The molecule has 9 heteroatoms. The lowest BCUT2D eigenvalue weighted by molar-refractivity contribution is -0.127. The standard InChI is InChI=1S/C17H20N6O3/c1-9-14(11-4-5-18-7-10(11)8-19-9)15-20-13(26-21-15)6-12-16(24)23(3)17(25)22(12)2/h8,12,18H,4-7H2,1-3H3. The lowest BCUT2D eigenvalue weighted by atomic mass is 9.95. The number of aryl methyl sites for hydroxylation is 1. The van der Waals surface area contributed by atoms with E-state index in [2.05, 4.69) is 20.4 Å². The molecule has 0 saturated carbocycles. The number of imide groups is 1. The summed E-state index contributed by atoms with van der Waals surface area (Å²) in [6.45, 7) is 3.59. The second-order valence-electron chi connectivity index (χ2n) is 6.67. The van der Waals surface area contributed by atoms with Gasteiger partial charge < -0.3 is 14.7 Å². The zero-order chi connectivity index (χ0) is 18.4. The third-order valence-corrected chi connectivity index (χ3v) is 5.06. The summed E-state index contributed by atoms with van der Waals surface area (Å²) >= 11 is 0. The van der Waals surface area contributed by atoms with Crippen LogP contribution in [0, 0.1) is 6.92 Å². The van der Waals surface area contributed by atoms with E-state index in [1.54, 1.807) is 7.05 Å². The number of likely N-dealkylation sites (N-methyl/N-ethyl adjacent to an activating group) is 2. The smallest absolute Gasteiger partial charge is 0.326 e. The Morgan fingerprint density at radius 2 is 2.15 bits per heavy atom. The lowest BCUT2D eigenvalue weighted by Gasteiger charge is -2.19. The van der Waals surface area contributed by atoms with Gasteiger partial charge in [-0.15, -0.1) is 0 Å². The molecule has 3 amide bonds. The van der Waals surface area contributed by atoms with Crippen LogP contribution in [0.25, 0.3) is 11.4 Å². The minimum atomic E-state index is -0.617. The van der Waals surface area contributed by atoms with Crippen molar-refractivity contribution < 1.29 is 14.1 Å². The molecule has 0 spiro atoms. The normalized spacial score (nSPS) is 20.0. The van der Waals surface area contributed by atoms with E-state index in [0.717, 1.165) is 41.2 Å². The van der Waals surface area contributed by atoms with Crippen LogP contribution in [0.4, 0.5) is 4.79 Å². The van der Waals surface area contributed by atoms with E-state index in [0.29, 0.717) is 11.7 Å². The molecule has 9 nitrogen and oxygen atoms in total. The first-order valence-corrected chi connectivity index (χ1v) is 8.52. The number of urea groups is 1. The predicted molar refractivity (Wildman–Crippen MR) is 91.1 cm³/mol. The highest BCUT2D eigenvalue weighted by atomic mass is 16.5. The maximum Gasteiger partial charge on any atom is 0.326 e. The maximum atomic E-state index is 12.2. The predicted octanol–water partition coefficient (Wildman–Crippen LogP) is 0.521. The molecule has 2 aliphatic heterocycles. The molecule has 2 aromatic heterocycles. The Hall–Kier alpha value is -2.81. The number of carbonyl (C=O) groups is 2. The van der Waals surface area contributed by atoms with Gasteiger partial charge in [0, 0.05) is 38.1 Å².